The van der Waals surface area contributed by atoms with Gasteiger partial charge in [-0.05, 0) is 29.3 Å². The van der Waals surface area contributed by atoms with Crippen LogP contribution in [0.5, 0.6) is 5.75 Å². The summed E-state index contributed by atoms with van der Waals surface area (Å²) in [5, 5.41) is 3.43. The van der Waals surface area contributed by atoms with Gasteiger partial charge in [0.15, 0.2) is 0 Å². The van der Waals surface area contributed by atoms with Crippen molar-refractivity contribution in [3.05, 3.63) is 89.9 Å². The summed E-state index contributed by atoms with van der Waals surface area (Å²) in [6, 6.07) is 12.9. The number of hydrogen-bond acceptors (Lipinski definition) is 8. The first kappa shape index (κ1) is 24.7. The van der Waals surface area contributed by atoms with E-state index in [1.165, 1.54) is 0 Å². The Hall–Kier alpha value is -4.02. The van der Waals surface area contributed by atoms with Gasteiger partial charge in [-0.3, -0.25) is 19.2 Å². The Kier molecular flexibility index (Phi) is 7.57. The second kappa shape index (κ2) is 11.4. The van der Waals surface area contributed by atoms with Crippen LogP contribution in [0.1, 0.15) is 11.1 Å². The second-order valence-electron chi connectivity index (χ2n) is 8.68. The van der Waals surface area contributed by atoms with Crippen LogP contribution in [0.15, 0.2) is 73.6 Å². The van der Waals surface area contributed by atoms with Crippen molar-refractivity contribution in [1.82, 2.24) is 34.7 Å². The highest BCUT2D eigenvalue weighted by atomic mass is 35.5. The van der Waals surface area contributed by atoms with Gasteiger partial charge in [0.2, 0.25) is 11.9 Å². The summed E-state index contributed by atoms with van der Waals surface area (Å²) < 4.78 is 6.93. The molecule has 0 bridgehead atoms. The van der Waals surface area contributed by atoms with Gasteiger partial charge in [-0.1, -0.05) is 29.8 Å². The first-order valence-corrected chi connectivity index (χ1v) is 12.3. The molecule has 10 nitrogen and oxygen atoms in total. The van der Waals surface area contributed by atoms with Crippen molar-refractivity contribution in [2.75, 3.05) is 31.6 Å². The number of anilines is 1. The predicted octanol–water partition coefficient (Wildman–Crippen LogP) is 2.73. The number of ether oxygens (including phenoxy) is 1. The third kappa shape index (κ3) is 6.04. The minimum absolute atomic E-state index is 0.0561. The largest absolute Gasteiger partial charge is 0.497 e. The monoisotopic (exact) mass is 518 g/mol. The van der Waals surface area contributed by atoms with Crippen LogP contribution < -0.4 is 15.0 Å². The van der Waals surface area contributed by atoms with Gasteiger partial charge in [0.1, 0.15) is 29.1 Å². The summed E-state index contributed by atoms with van der Waals surface area (Å²) in [4.78, 5) is 35.1. The highest BCUT2D eigenvalue weighted by Gasteiger charge is 2.33. The van der Waals surface area contributed by atoms with E-state index < -0.39 is 6.04 Å². The first-order valence-electron chi connectivity index (χ1n) is 11.9. The number of carbonyl (C=O) groups excluding carboxylic acids is 1. The molecule has 1 saturated heterocycles. The van der Waals surface area contributed by atoms with Gasteiger partial charge in [0, 0.05) is 63.6 Å². The molecule has 37 heavy (non-hydrogen) atoms. The molecule has 1 unspecified atom stereocenters. The highest BCUT2D eigenvalue weighted by Crippen LogP contribution is 2.23. The summed E-state index contributed by atoms with van der Waals surface area (Å²) in [5.41, 5.74) is 2.05. The lowest BCUT2D eigenvalue weighted by molar-refractivity contribution is -0.127. The number of imidazole rings is 1. The molecule has 1 aliphatic rings. The van der Waals surface area contributed by atoms with E-state index >= 15 is 0 Å². The molecule has 11 heteroatoms. The van der Waals surface area contributed by atoms with Crippen molar-refractivity contribution < 1.29 is 9.53 Å². The SMILES string of the molecule is COc1ccc(CNC(=O)C2CN(c3cc(Cl)nc(-n4ccnc4)n3)CCN2Cc2cccnc2)cc1. The molecule has 1 aromatic carbocycles. The van der Waals surface area contributed by atoms with Gasteiger partial charge in [0.25, 0.3) is 0 Å². The summed E-state index contributed by atoms with van der Waals surface area (Å²) in [6.07, 6.45) is 8.62. The third-order valence-electron chi connectivity index (χ3n) is 6.26. The number of halogens is 1. The summed E-state index contributed by atoms with van der Waals surface area (Å²) in [5.74, 6) is 1.81. The lowest BCUT2D eigenvalue weighted by Gasteiger charge is -2.41. The molecule has 5 rings (SSSR count). The lowest BCUT2D eigenvalue weighted by Crippen LogP contribution is -2.58. The van der Waals surface area contributed by atoms with Crippen molar-refractivity contribution >= 4 is 23.3 Å². The summed E-state index contributed by atoms with van der Waals surface area (Å²) in [7, 11) is 1.63. The number of carbonyl (C=O) groups is 1. The Morgan fingerprint density at radius 3 is 2.70 bits per heavy atom. The van der Waals surface area contributed by atoms with Crippen molar-refractivity contribution in [3.8, 4) is 11.7 Å². The maximum absolute atomic E-state index is 13.5. The average molecular weight is 519 g/mol. The topological polar surface area (TPSA) is 101 Å². The van der Waals surface area contributed by atoms with Crippen LogP contribution >= 0.6 is 11.6 Å². The smallest absolute Gasteiger partial charge is 0.239 e. The molecule has 4 aromatic rings. The van der Waals surface area contributed by atoms with Gasteiger partial charge in [-0.2, -0.15) is 4.98 Å². The Morgan fingerprint density at radius 2 is 1.97 bits per heavy atom. The van der Waals surface area contributed by atoms with Crippen LogP contribution in [0.4, 0.5) is 5.82 Å². The summed E-state index contributed by atoms with van der Waals surface area (Å²) in [6.45, 7) is 2.83. The normalized spacial score (nSPS) is 15.9. The molecule has 0 spiro atoms. The number of hydrogen-bond donors (Lipinski definition) is 1. The molecule has 1 aliphatic heterocycles. The average Bonchev–Trinajstić information content (AvgIpc) is 3.48. The van der Waals surface area contributed by atoms with E-state index in [1.807, 2.05) is 42.6 Å². The predicted molar refractivity (Wildman–Crippen MR) is 140 cm³/mol. The maximum Gasteiger partial charge on any atom is 0.239 e. The van der Waals surface area contributed by atoms with Gasteiger partial charge < -0.3 is 15.0 Å². The minimum atomic E-state index is -0.405. The van der Waals surface area contributed by atoms with Crippen molar-refractivity contribution in [2.24, 2.45) is 0 Å². The van der Waals surface area contributed by atoms with Crippen molar-refractivity contribution in [2.45, 2.75) is 19.1 Å². The van der Waals surface area contributed by atoms with Crippen LogP contribution in [0.2, 0.25) is 5.15 Å². The van der Waals surface area contributed by atoms with Gasteiger partial charge in [0.05, 0.1) is 7.11 Å². The van der Waals surface area contributed by atoms with Gasteiger partial charge in [-0.15, -0.1) is 0 Å². The third-order valence-corrected chi connectivity index (χ3v) is 6.45. The second-order valence-corrected chi connectivity index (χ2v) is 9.07. The number of pyridine rings is 1. The van der Waals surface area contributed by atoms with Crippen molar-refractivity contribution in [1.29, 1.82) is 0 Å². The van der Waals surface area contributed by atoms with Gasteiger partial charge >= 0.3 is 0 Å². The first-order chi connectivity index (χ1) is 18.1. The Bertz CT molecular complexity index is 1320. The number of aromatic nitrogens is 5. The number of nitrogens with one attached hydrogen (secondary N) is 1. The standard InChI is InChI=1S/C26H27ClN8O2/c1-37-21-6-4-19(5-7-21)15-30-25(36)22-17-34(12-11-33(22)16-20-3-2-8-28-14-20)24-13-23(27)31-26(32-24)35-10-9-29-18-35/h2-10,13-14,18,22H,11-12,15-17H2,1H3,(H,30,36). The zero-order chi connectivity index (χ0) is 25.6. The summed E-state index contributed by atoms with van der Waals surface area (Å²) >= 11 is 6.34. The number of benzene rings is 1. The van der Waals surface area contributed by atoms with Gasteiger partial charge in [-0.25, -0.2) is 9.97 Å². The molecule has 1 amide bonds. The van der Waals surface area contributed by atoms with E-state index in [2.05, 4.69) is 30.1 Å². The Morgan fingerprint density at radius 1 is 1.11 bits per heavy atom. The molecular weight excluding hydrogens is 492 g/mol. The molecule has 190 valence electrons. The fourth-order valence-corrected chi connectivity index (χ4v) is 4.47. The quantitative estimate of drug-likeness (QED) is 0.355. The molecule has 0 aliphatic carbocycles. The van der Waals surface area contributed by atoms with Crippen molar-refractivity contribution in [3.63, 3.8) is 0 Å². The van der Waals surface area contributed by atoms with Crippen LogP contribution in [0.3, 0.4) is 0 Å². The zero-order valence-corrected chi connectivity index (χ0v) is 21.1. The van der Waals surface area contributed by atoms with E-state index in [0.717, 1.165) is 16.9 Å². The van der Waals surface area contributed by atoms with Crippen LogP contribution in [0, 0.1) is 0 Å². The number of nitrogens with zero attached hydrogens (tertiary/aromatic N) is 7. The van der Waals surface area contributed by atoms with E-state index in [9.17, 15) is 4.79 Å². The zero-order valence-electron chi connectivity index (χ0n) is 20.4. The van der Waals surface area contributed by atoms with E-state index in [4.69, 9.17) is 21.3 Å². The minimum Gasteiger partial charge on any atom is -0.497 e. The highest BCUT2D eigenvalue weighted by molar-refractivity contribution is 6.29. The van der Waals surface area contributed by atoms with E-state index in [0.29, 0.717) is 49.6 Å². The maximum atomic E-state index is 13.5. The molecule has 1 fully saturated rings. The number of piperazine rings is 1. The Labute approximate surface area is 219 Å². The number of amides is 1. The number of rotatable bonds is 8. The molecule has 1 atom stereocenters. The molecule has 0 saturated carbocycles. The molecule has 4 heterocycles. The lowest BCUT2D eigenvalue weighted by atomic mass is 10.1. The Balaban J connectivity index is 1.35. The van der Waals surface area contributed by atoms with E-state index in [-0.39, 0.29) is 5.91 Å². The number of methoxy groups -OCH3 is 1. The van der Waals surface area contributed by atoms with E-state index in [1.54, 1.807) is 42.7 Å². The molecule has 3 aromatic heterocycles. The van der Waals surface area contributed by atoms with Crippen LogP contribution in [-0.2, 0) is 17.9 Å². The molecule has 0 radical (unpaired) electrons. The molecular formula is C26H27ClN8O2. The van der Waals surface area contributed by atoms with Crippen LogP contribution in [-0.4, -0.2) is 68.1 Å². The molecule has 1 N–H and O–H groups in total. The van der Waals surface area contributed by atoms with Crippen LogP contribution in [0.25, 0.3) is 5.95 Å². The fourth-order valence-electron chi connectivity index (χ4n) is 4.29. The fraction of sp³-hybridized carbons (Fsp3) is 0.269.